The van der Waals surface area contributed by atoms with E-state index in [1.54, 1.807) is 6.08 Å². The van der Waals surface area contributed by atoms with Crippen molar-refractivity contribution in [3.05, 3.63) is 54.3 Å². The maximum atomic E-state index is 3.36. The highest BCUT2D eigenvalue weighted by Crippen LogP contribution is 2.36. The maximum Gasteiger partial charge on any atom is 0.0486 e. The Hall–Kier alpha value is -1.76. The zero-order valence-electron chi connectivity index (χ0n) is 15.5. The molecule has 0 fully saturated rings. The van der Waals surface area contributed by atoms with Crippen molar-refractivity contribution in [2.75, 3.05) is 0 Å². The van der Waals surface area contributed by atoms with Gasteiger partial charge in [0.15, 0.2) is 0 Å². The second kappa shape index (κ2) is 10.9. The van der Waals surface area contributed by atoms with Crippen molar-refractivity contribution in [2.45, 2.75) is 53.9 Å². The lowest BCUT2D eigenvalue weighted by Gasteiger charge is -2.16. The van der Waals surface area contributed by atoms with E-state index in [2.05, 4.69) is 61.5 Å². The standard InChI is InChI=1S/C14H15N.C3H6.2C2H6/c1-10-6-5-8-12-11-7-3-4-9-13(11)15(2)14(10)12;1-3-2;2*1-2/h3-5,7-10H,6H2,1-2H3;3H,1H2,2H3;2*1-2H3. The van der Waals surface area contributed by atoms with Crippen LogP contribution >= 0.6 is 0 Å². The van der Waals surface area contributed by atoms with Gasteiger partial charge in [-0.25, -0.2) is 0 Å². The summed E-state index contributed by atoms with van der Waals surface area (Å²) in [5.41, 5.74) is 4.26. The molecule has 1 aliphatic rings. The Bertz CT molecular complexity index is 587. The number of benzene rings is 1. The van der Waals surface area contributed by atoms with Crippen LogP contribution in [0.15, 0.2) is 43.0 Å². The first kappa shape index (κ1) is 20.2. The van der Waals surface area contributed by atoms with Gasteiger partial charge in [-0.05, 0) is 19.4 Å². The molecule has 0 radical (unpaired) electrons. The summed E-state index contributed by atoms with van der Waals surface area (Å²) in [5.74, 6) is 0.641. The Morgan fingerprint density at radius 3 is 2.27 bits per heavy atom. The molecule has 0 spiro atoms. The predicted molar refractivity (Wildman–Crippen MR) is 104 cm³/mol. The van der Waals surface area contributed by atoms with Crippen molar-refractivity contribution in [3.8, 4) is 0 Å². The Balaban J connectivity index is 0.000000553. The van der Waals surface area contributed by atoms with Gasteiger partial charge >= 0.3 is 0 Å². The van der Waals surface area contributed by atoms with E-state index in [1.807, 2.05) is 34.6 Å². The second-order valence-electron chi connectivity index (χ2n) is 4.82. The van der Waals surface area contributed by atoms with Crippen LogP contribution in [-0.2, 0) is 7.05 Å². The van der Waals surface area contributed by atoms with Gasteiger partial charge in [-0.1, -0.05) is 71.0 Å². The summed E-state index contributed by atoms with van der Waals surface area (Å²) in [6, 6.07) is 8.66. The summed E-state index contributed by atoms with van der Waals surface area (Å²) in [5, 5.41) is 1.39. The van der Waals surface area contributed by atoms with E-state index in [4.69, 9.17) is 0 Å². The Morgan fingerprint density at radius 1 is 1.14 bits per heavy atom. The number of fused-ring (bicyclic) bond motifs is 3. The molecule has 0 N–H and O–H groups in total. The number of hydrogen-bond donors (Lipinski definition) is 0. The molecule has 0 saturated carbocycles. The molecule has 0 amide bonds. The Morgan fingerprint density at radius 2 is 1.68 bits per heavy atom. The minimum absolute atomic E-state index is 0.641. The quantitative estimate of drug-likeness (QED) is 0.464. The van der Waals surface area contributed by atoms with Crippen molar-refractivity contribution < 1.29 is 0 Å². The SMILES string of the molecule is C=CC.CC.CC.CC1CC=Cc2c1n(C)c1ccccc21. The predicted octanol–water partition coefficient (Wildman–Crippen LogP) is 6.94. The van der Waals surface area contributed by atoms with Gasteiger partial charge in [-0.3, -0.25) is 0 Å². The fourth-order valence-electron chi connectivity index (χ4n) is 2.72. The number of aromatic nitrogens is 1. The summed E-state index contributed by atoms with van der Waals surface area (Å²) in [7, 11) is 2.18. The number of rotatable bonds is 0. The molecule has 0 bridgehead atoms. The van der Waals surface area contributed by atoms with Crippen LogP contribution in [0.1, 0.15) is 65.1 Å². The van der Waals surface area contributed by atoms with Crippen LogP contribution in [-0.4, -0.2) is 4.57 Å². The molecule has 1 heteroatoms. The minimum atomic E-state index is 0.641. The molecule has 1 heterocycles. The molecule has 22 heavy (non-hydrogen) atoms. The van der Waals surface area contributed by atoms with Crippen molar-refractivity contribution in [1.82, 2.24) is 4.57 Å². The molecule has 1 unspecified atom stereocenters. The van der Waals surface area contributed by atoms with Gasteiger partial charge in [-0.2, -0.15) is 0 Å². The van der Waals surface area contributed by atoms with Crippen LogP contribution in [0.2, 0.25) is 0 Å². The van der Waals surface area contributed by atoms with Crippen LogP contribution in [0.5, 0.6) is 0 Å². The summed E-state index contributed by atoms with van der Waals surface area (Å²) in [6.45, 7) is 15.6. The van der Waals surface area contributed by atoms with Gasteiger partial charge in [-0.15, -0.1) is 6.58 Å². The van der Waals surface area contributed by atoms with Crippen LogP contribution in [0, 0.1) is 0 Å². The molecular weight excluding hydrogens is 266 g/mol. The third-order valence-corrected chi connectivity index (χ3v) is 3.43. The van der Waals surface area contributed by atoms with Gasteiger partial charge in [0, 0.05) is 35.1 Å². The highest BCUT2D eigenvalue weighted by molar-refractivity contribution is 5.92. The lowest BCUT2D eigenvalue weighted by molar-refractivity contribution is 0.697. The first-order chi connectivity index (χ1) is 10.7. The number of nitrogens with zero attached hydrogens (tertiary/aromatic N) is 1. The van der Waals surface area contributed by atoms with Gasteiger partial charge in [0.25, 0.3) is 0 Å². The van der Waals surface area contributed by atoms with Gasteiger partial charge in [0.2, 0.25) is 0 Å². The van der Waals surface area contributed by atoms with E-state index in [0.717, 1.165) is 6.42 Å². The molecule has 3 rings (SSSR count). The average molecular weight is 300 g/mol. The average Bonchev–Trinajstić information content (AvgIpc) is 2.87. The largest absolute Gasteiger partial charge is 0.347 e. The fraction of sp³-hybridized carbons (Fsp3) is 0.429. The summed E-state index contributed by atoms with van der Waals surface area (Å²) in [6.07, 6.45) is 7.48. The molecule has 2 aromatic rings. The third-order valence-electron chi connectivity index (χ3n) is 3.43. The molecule has 0 aliphatic heterocycles. The normalized spacial score (nSPS) is 14.4. The highest BCUT2D eigenvalue weighted by Gasteiger charge is 2.19. The van der Waals surface area contributed by atoms with E-state index in [9.17, 15) is 0 Å². The minimum Gasteiger partial charge on any atom is -0.347 e. The topological polar surface area (TPSA) is 4.93 Å². The van der Waals surface area contributed by atoms with E-state index < -0.39 is 0 Å². The fourth-order valence-corrected chi connectivity index (χ4v) is 2.72. The van der Waals surface area contributed by atoms with Crippen molar-refractivity contribution >= 4 is 17.0 Å². The molecule has 1 aliphatic carbocycles. The first-order valence-corrected chi connectivity index (χ1v) is 8.51. The van der Waals surface area contributed by atoms with Crippen LogP contribution < -0.4 is 0 Å². The first-order valence-electron chi connectivity index (χ1n) is 8.51. The lowest BCUT2D eigenvalue weighted by Crippen LogP contribution is -2.04. The number of para-hydroxylation sites is 1. The lowest BCUT2D eigenvalue weighted by atomic mass is 9.93. The van der Waals surface area contributed by atoms with E-state index >= 15 is 0 Å². The molecule has 0 saturated heterocycles. The molecule has 122 valence electrons. The molecule has 1 nitrogen and oxygen atoms in total. The van der Waals surface area contributed by atoms with Gasteiger partial charge in [0.05, 0.1) is 0 Å². The van der Waals surface area contributed by atoms with E-state index in [1.165, 1.54) is 22.2 Å². The zero-order chi connectivity index (χ0) is 17.1. The van der Waals surface area contributed by atoms with Crippen molar-refractivity contribution in [3.63, 3.8) is 0 Å². The van der Waals surface area contributed by atoms with Crippen molar-refractivity contribution in [2.24, 2.45) is 7.05 Å². The van der Waals surface area contributed by atoms with Crippen LogP contribution in [0.4, 0.5) is 0 Å². The molecule has 1 aromatic heterocycles. The zero-order valence-corrected chi connectivity index (χ0v) is 15.5. The van der Waals surface area contributed by atoms with Crippen LogP contribution in [0.25, 0.3) is 17.0 Å². The second-order valence-corrected chi connectivity index (χ2v) is 4.82. The van der Waals surface area contributed by atoms with Crippen LogP contribution in [0.3, 0.4) is 0 Å². The Labute approximate surface area is 137 Å². The highest BCUT2D eigenvalue weighted by atomic mass is 15.0. The number of allylic oxidation sites excluding steroid dienone is 2. The monoisotopic (exact) mass is 299 g/mol. The van der Waals surface area contributed by atoms with Gasteiger partial charge in [0.1, 0.15) is 0 Å². The Kier molecular flexibility index (Phi) is 10.0. The smallest absolute Gasteiger partial charge is 0.0486 e. The van der Waals surface area contributed by atoms with E-state index in [-0.39, 0.29) is 0 Å². The van der Waals surface area contributed by atoms with Gasteiger partial charge < -0.3 is 4.57 Å². The molecule has 1 aromatic carbocycles. The summed E-state index contributed by atoms with van der Waals surface area (Å²) < 4.78 is 2.35. The third kappa shape index (κ3) is 4.37. The number of aryl methyl sites for hydroxylation is 1. The van der Waals surface area contributed by atoms with E-state index in [0.29, 0.717) is 5.92 Å². The maximum absolute atomic E-state index is 3.36. The number of hydrogen-bond acceptors (Lipinski definition) is 0. The van der Waals surface area contributed by atoms with Crippen molar-refractivity contribution in [1.29, 1.82) is 0 Å². The summed E-state index contributed by atoms with van der Waals surface area (Å²) >= 11 is 0. The molecular formula is C21H33N. The summed E-state index contributed by atoms with van der Waals surface area (Å²) in [4.78, 5) is 0. The molecule has 1 atom stereocenters.